The quantitative estimate of drug-likeness (QED) is 0.570. The van der Waals surface area contributed by atoms with Crippen molar-refractivity contribution >= 4 is 5.91 Å². The third kappa shape index (κ3) is 3.01. The SMILES string of the molecule is CC(C)=CC(=O)N1CCC=C(F)C1. The molecule has 1 heterocycles. The maximum Gasteiger partial charge on any atom is 0.246 e. The molecule has 0 spiro atoms. The first-order chi connectivity index (χ1) is 6.09. The van der Waals surface area contributed by atoms with E-state index >= 15 is 0 Å². The van der Waals surface area contributed by atoms with Gasteiger partial charge in [-0.25, -0.2) is 4.39 Å². The minimum absolute atomic E-state index is 0.0942. The van der Waals surface area contributed by atoms with Gasteiger partial charge in [-0.3, -0.25) is 4.79 Å². The van der Waals surface area contributed by atoms with Crippen LogP contribution in [0.4, 0.5) is 4.39 Å². The lowest BCUT2D eigenvalue weighted by atomic mass is 10.2. The summed E-state index contributed by atoms with van der Waals surface area (Å²) in [6.07, 6.45) is 3.69. The third-order valence-electron chi connectivity index (χ3n) is 1.83. The van der Waals surface area contributed by atoms with Gasteiger partial charge in [0.2, 0.25) is 5.91 Å². The molecule has 1 rings (SSSR count). The normalized spacial score (nSPS) is 16.5. The Morgan fingerprint density at radius 1 is 1.62 bits per heavy atom. The van der Waals surface area contributed by atoms with Crippen molar-refractivity contribution in [3.05, 3.63) is 23.6 Å². The van der Waals surface area contributed by atoms with Gasteiger partial charge in [-0.05, 0) is 26.3 Å². The van der Waals surface area contributed by atoms with Gasteiger partial charge in [-0.15, -0.1) is 0 Å². The van der Waals surface area contributed by atoms with Gasteiger partial charge in [0, 0.05) is 12.6 Å². The van der Waals surface area contributed by atoms with Gasteiger partial charge < -0.3 is 4.90 Å². The number of hydrogen-bond acceptors (Lipinski definition) is 1. The molecule has 0 unspecified atom stereocenters. The minimum atomic E-state index is -0.207. The molecule has 0 atom stereocenters. The van der Waals surface area contributed by atoms with Crippen LogP contribution >= 0.6 is 0 Å². The summed E-state index contributed by atoms with van der Waals surface area (Å²) in [5, 5.41) is 0. The highest BCUT2D eigenvalue weighted by Crippen LogP contribution is 2.11. The second-order valence-corrected chi connectivity index (χ2v) is 3.42. The highest BCUT2D eigenvalue weighted by atomic mass is 19.1. The number of carbonyl (C=O) groups excluding carboxylic acids is 1. The fourth-order valence-electron chi connectivity index (χ4n) is 1.23. The van der Waals surface area contributed by atoms with Crippen LogP contribution in [-0.2, 0) is 4.79 Å². The summed E-state index contributed by atoms with van der Waals surface area (Å²) in [4.78, 5) is 12.9. The van der Waals surface area contributed by atoms with E-state index in [-0.39, 0.29) is 18.3 Å². The molecule has 3 heteroatoms. The molecule has 0 N–H and O–H groups in total. The van der Waals surface area contributed by atoms with Crippen molar-refractivity contribution in [2.75, 3.05) is 13.1 Å². The molecular formula is C10H14FNO. The molecule has 13 heavy (non-hydrogen) atoms. The van der Waals surface area contributed by atoms with Crippen molar-refractivity contribution in [1.29, 1.82) is 0 Å². The van der Waals surface area contributed by atoms with Crippen molar-refractivity contribution in [3.8, 4) is 0 Å². The van der Waals surface area contributed by atoms with Gasteiger partial charge in [-0.1, -0.05) is 5.57 Å². The molecule has 0 saturated heterocycles. The summed E-state index contributed by atoms with van der Waals surface area (Å²) in [6, 6.07) is 0. The Balaban J connectivity index is 2.59. The number of amides is 1. The smallest absolute Gasteiger partial charge is 0.246 e. The standard InChI is InChI=1S/C10H14FNO/c1-8(2)6-10(13)12-5-3-4-9(11)7-12/h4,6H,3,5,7H2,1-2H3. The first-order valence-electron chi connectivity index (χ1n) is 4.38. The Labute approximate surface area is 77.7 Å². The number of allylic oxidation sites excluding steroid dienone is 1. The van der Waals surface area contributed by atoms with Gasteiger partial charge in [0.1, 0.15) is 5.83 Å². The number of nitrogens with zero attached hydrogens (tertiary/aromatic N) is 1. The Morgan fingerprint density at radius 3 is 2.85 bits per heavy atom. The van der Waals surface area contributed by atoms with Gasteiger partial charge in [0.15, 0.2) is 0 Å². The van der Waals surface area contributed by atoms with Crippen molar-refractivity contribution in [2.45, 2.75) is 20.3 Å². The van der Waals surface area contributed by atoms with Crippen molar-refractivity contribution in [3.63, 3.8) is 0 Å². The van der Waals surface area contributed by atoms with E-state index in [0.717, 1.165) is 5.57 Å². The third-order valence-corrected chi connectivity index (χ3v) is 1.83. The summed E-state index contributed by atoms with van der Waals surface area (Å²) in [5.41, 5.74) is 0.944. The van der Waals surface area contributed by atoms with Crippen molar-refractivity contribution in [2.24, 2.45) is 0 Å². The van der Waals surface area contributed by atoms with E-state index in [9.17, 15) is 9.18 Å². The Morgan fingerprint density at radius 2 is 2.31 bits per heavy atom. The van der Waals surface area contributed by atoms with Gasteiger partial charge in [0.25, 0.3) is 0 Å². The Hall–Kier alpha value is -1.12. The summed E-state index contributed by atoms with van der Waals surface area (Å²) in [7, 11) is 0. The molecule has 0 radical (unpaired) electrons. The zero-order valence-corrected chi connectivity index (χ0v) is 8.01. The van der Waals surface area contributed by atoms with E-state index in [2.05, 4.69) is 0 Å². The second-order valence-electron chi connectivity index (χ2n) is 3.42. The fourth-order valence-corrected chi connectivity index (χ4v) is 1.23. The van der Waals surface area contributed by atoms with Crippen LogP contribution in [0.2, 0.25) is 0 Å². The minimum Gasteiger partial charge on any atom is -0.332 e. The largest absolute Gasteiger partial charge is 0.332 e. The van der Waals surface area contributed by atoms with Crippen molar-refractivity contribution in [1.82, 2.24) is 4.90 Å². The monoisotopic (exact) mass is 183 g/mol. The number of rotatable bonds is 1. The predicted molar refractivity (Wildman–Crippen MR) is 49.8 cm³/mol. The highest BCUT2D eigenvalue weighted by molar-refractivity contribution is 5.88. The lowest BCUT2D eigenvalue weighted by Gasteiger charge is -2.23. The average molecular weight is 183 g/mol. The second kappa shape index (κ2) is 4.21. The van der Waals surface area contributed by atoms with E-state index in [1.807, 2.05) is 13.8 Å². The van der Waals surface area contributed by atoms with Gasteiger partial charge in [-0.2, -0.15) is 0 Å². The molecule has 1 aliphatic heterocycles. The van der Waals surface area contributed by atoms with Crippen LogP contribution in [0.1, 0.15) is 20.3 Å². The Kier molecular flexibility index (Phi) is 3.23. The zero-order chi connectivity index (χ0) is 9.84. The molecule has 0 aliphatic carbocycles. The molecule has 2 nitrogen and oxygen atoms in total. The number of halogens is 1. The summed E-state index contributed by atoms with van der Waals surface area (Å²) in [6.45, 7) is 4.46. The molecule has 0 bridgehead atoms. The fraction of sp³-hybridized carbons (Fsp3) is 0.500. The van der Waals surface area contributed by atoms with Crippen LogP contribution in [0, 0.1) is 0 Å². The van der Waals surface area contributed by atoms with E-state index in [4.69, 9.17) is 0 Å². The van der Waals surface area contributed by atoms with Crippen LogP contribution in [0.15, 0.2) is 23.6 Å². The molecular weight excluding hydrogens is 169 g/mol. The topological polar surface area (TPSA) is 20.3 Å². The molecule has 0 aromatic heterocycles. The molecule has 0 aromatic carbocycles. The first-order valence-corrected chi connectivity index (χ1v) is 4.38. The lowest BCUT2D eigenvalue weighted by molar-refractivity contribution is -0.126. The molecule has 0 fully saturated rings. The maximum atomic E-state index is 12.8. The predicted octanol–water partition coefficient (Wildman–Crippen LogP) is 2.04. The van der Waals surface area contributed by atoms with E-state index in [1.54, 1.807) is 6.08 Å². The number of hydrogen-bond donors (Lipinski definition) is 0. The molecule has 0 saturated carbocycles. The van der Waals surface area contributed by atoms with Crippen LogP contribution in [0.25, 0.3) is 0 Å². The molecule has 0 aromatic rings. The van der Waals surface area contributed by atoms with Crippen LogP contribution in [0.5, 0.6) is 0 Å². The summed E-state index contributed by atoms with van der Waals surface area (Å²) in [5.74, 6) is -0.301. The highest BCUT2D eigenvalue weighted by Gasteiger charge is 2.15. The Bertz CT molecular complexity index is 264. The lowest BCUT2D eigenvalue weighted by Crippen LogP contribution is -2.34. The number of carbonyl (C=O) groups is 1. The van der Waals surface area contributed by atoms with Gasteiger partial charge in [0.05, 0.1) is 6.54 Å². The average Bonchev–Trinajstić information content (AvgIpc) is 2.03. The summed E-state index contributed by atoms with van der Waals surface area (Å²) >= 11 is 0. The maximum absolute atomic E-state index is 12.8. The van der Waals surface area contributed by atoms with Crippen LogP contribution in [0.3, 0.4) is 0 Å². The molecule has 72 valence electrons. The summed E-state index contributed by atoms with van der Waals surface area (Å²) < 4.78 is 12.8. The van der Waals surface area contributed by atoms with E-state index in [0.29, 0.717) is 13.0 Å². The molecule has 1 aliphatic rings. The van der Waals surface area contributed by atoms with E-state index in [1.165, 1.54) is 11.0 Å². The zero-order valence-electron chi connectivity index (χ0n) is 8.01. The first kappa shape index (κ1) is 9.96. The van der Waals surface area contributed by atoms with Crippen LogP contribution in [-0.4, -0.2) is 23.9 Å². The van der Waals surface area contributed by atoms with Crippen LogP contribution < -0.4 is 0 Å². The van der Waals surface area contributed by atoms with E-state index < -0.39 is 0 Å². The molecule has 1 amide bonds. The van der Waals surface area contributed by atoms with Gasteiger partial charge >= 0.3 is 0 Å². The van der Waals surface area contributed by atoms with Crippen molar-refractivity contribution < 1.29 is 9.18 Å².